The van der Waals surface area contributed by atoms with Crippen molar-refractivity contribution in [3.05, 3.63) is 86.6 Å². The van der Waals surface area contributed by atoms with Gasteiger partial charge >= 0.3 is 0 Å². The first-order valence-electron chi connectivity index (χ1n) is 9.70. The van der Waals surface area contributed by atoms with Gasteiger partial charge < -0.3 is 20.4 Å². The van der Waals surface area contributed by atoms with E-state index in [1.165, 1.54) is 0 Å². The molecule has 1 atom stereocenters. The van der Waals surface area contributed by atoms with Crippen LogP contribution in [0.5, 0.6) is 0 Å². The molecule has 0 fully saturated rings. The smallest absolute Gasteiger partial charge is 0.261 e. The lowest BCUT2D eigenvalue weighted by Gasteiger charge is -2.19. The lowest BCUT2D eigenvalue weighted by molar-refractivity contribution is 0.274. The van der Waals surface area contributed by atoms with Crippen LogP contribution in [0.4, 0.5) is 11.4 Å². The summed E-state index contributed by atoms with van der Waals surface area (Å²) in [6.07, 6.45) is 2.07. The molecule has 0 bridgehead atoms. The van der Waals surface area contributed by atoms with Crippen molar-refractivity contribution in [2.45, 2.75) is 19.4 Å². The molecular formula is C23H20ClN5O2. The Bertz CT molecular complexity index is 1350. The number of anilines is 1. The SMILES string of the molecule is [C-]#[N+]c1cc(C)c2nc(-c3c(NC(CO)Cc4cccc(Cl)c4)cc[nH]c3=O)[nH]c2c1. The largest absolute Gasteiger partial charge is 0.394 e. The highest BCUT2D eigenvalue weighted by atomic mass is 35.5. The lowest BCUT2D eigenvalue weighted by atomic mass is 10.1. The minimum Gasteiger partial charge on any atom is -0.394 e. The molecule has 7 nitrogen and oxygen atoms in total. The van der Waals surface area contributed by atoms with Crippen molar-refractivity contribution in [2.75, 3.05) is 11.9 Å². The fourth-order valence-electron chi connectivity index (χ4n) is 3.62. The Morgan fingerprint density at radius 3 is 2.87 bits per heavy atom. The third-order valence-electron chi connectivity index (χ3n) is 5.04. The van der Waals surface area contributed by atoms with Gasteiger partial charge in [0.1, 0.15) is 11.4 Å². The average molecular weight is 434 g/mol. The van der Waals surface area contributed by atoms with Crippen molar-refractivity contribution >= 4 is 34.0 Å². The molecule has 2 heterocycles. The van der Waals surface area contributed by atoms with Crippen LogP contribution in [0.1, 0.15) is 11.1 Å². The van der Waals surface area contributed by atoms with Crippen LogP contribution in [-0.4, -0.2) is 32.7 Å². The molecule has 0 aliphatic carbocycles. The standard InChI is InChI=1S/C23H20ClN5O2/c1-13-8-16(25-2)11-19-21(13)29-22(28-19)20-18(6-7-26-23(20)31)27-17(12-30)10-14-4-3-5-15(24)9-14/h3-9,11,17,30H,10,12H2,1H3,(H,28,29)(H2,26,27,31). The molecule has 4 N–H and O–H groups in total. The van der Waals surface area contributed by atoms with Gasteiger partial charge in [-0.05, 0) is 48.7 Å². The predicted molar refractivity (Wildman–Crippen MR) is 123 cm³/mol. The summed E-state index contributed by atoms with van der Waals surface area (Å²) in [6, 6.07) is 12.3. The van der Waals surface area contributed by atoms with Crippen LogP contribution < -0.4 is 10.9 Å². The number of fused-ring (bicyclic) bond motifs is 1. The summed E-state index contributed by atoms with van der Waals surface area (Å²) in [5.41, 5.74) is 4.29. The number of pyridine rings is 1. The zero-order valence-corrected chi connectivity index (χ0v) is 17.5. The normalized spacial score (nSPS) is 11.9. The average Bonchev–Trinajstić information content (AvgIpc) is 3.17. The number of hydrogen-bond donors (Lipinski definition) is 4. The van der Waals surface area contributed by atoms with Gasteiger partial charge in [-0.15, -0.1) is 0 Å². The summed E-state index contributed by atoms with van der Waals surface area (Å²) < 4.78 is 0. The Hall–Kier alpha value is -3.60. The number of aromatic nitrogens is 3. The molecule has 0 saturated heterocycles. The summed E-state index contributed by atoms with van der Waals surface area (Å²) >= 11 is 6.07. The zero-order valence-electron chi connectivity index (χ0n) is 16.7. The minimum absolute atomic E-state index is 0.133. The molecule has 8 heteroatoms. The molecule has 156 valence electrons. The molecule has 0 radical (unpaired) electrons. The second-order valence-electron chi connectivity index (χ2n) is 7.31. The van der Waals surface area contributed by atoms with E-state index >= 15 is 0 Å². The van der Waals surface area contributed by atoms with E-state index in [0.29, 0.717) is 45.2 Å². The first kappa shape index (κ1) is 20.7. The number of hydrogen-bond acceptors (Lipinski definition) is 4. The Labute approximate surface area is 183 Å². The molecule has 0 aliphatic heterocycles. The number of aromatic amines is 2. The van der Waals surface area contributed by atoms with Gasteiger partial charge in [-0.3, -0.25) is 4.79 Å². The van der Waals surface area contributed by atoms with E-state index in [4.69, 9.17) is 18.2 Å². The molecular weight excluding hydrogens is 414 g/mol. The van der Waals surface area contributed by atoms with Gasteiger partial charge in [0.15, 0.2) is 5.69 Å². The summed E-state index contributed by atoms with van der Waals surface area (Å²) in [4.78, 5) is 26.7. The third-order valence-corrected chi connectivity index (χ3v) is 5.27. The molecule has 1 unspecified atom stereocenters. The van der Waals surface area contributed by atoms with Crippen LogP contribution >= 0.6 is 11.6 Å². The van der Waals surface area contributed by atoms with Crippen molar-refractivity contribution in [1.82, 2.24) is 15.0 Å². The van der Waals surface area contributed by atoms with Gasteiger partial charge in [-0.2, -0.15) is 0 Å². The highest BCUT2D eigenvalue weighted by molar-refractivity contribution is 6.30. The van der Waals surface area contributed by atoms with Gasteiger partial charge in [-0.25, -0.2) is 9.83 Å². The Balaban J connectivity index is 1.72. The summed E-state index contributed by atoms with van der Waals surface area (Å²) in [5.74, 6) is 0.393. The number of nitrogens with one attached hydrogen (secondary N) is 3. The lowest BCUT2D eigenvalue weighted by Crippen LogP contribution is -2.28. The second-order valence-corrected chi connectivity index (χ2v) is 7.75. The van der Waals surface area contributed by atoms with E-state index in [9.17, 15) is 9.90 Å². The Morgan fingerprint density at radius 1 is 1.29 bits per heavy atom. The molecule has 0 spiro atoms. The predicted octanol–water partition coefficient (Wildman–Crippen LogP) is 4.45. The number of nitrogens with zero attached hydrogens (tertiary/aromatic N) is 2. The maximum Gasteiger partial charge on any atom is 0.261 e. The Morgan fingerprint density at radius 2 is 2.13 bits per heavy atom. The van der Waals surface area contributed by atoms with Gasteiger partial charge in [0.05, 0.1) is 35.9 Å². The topological polar surface area (TPSA) is 98.2 Å². The zero-order chi connectivity index (χ0) is 22.0. The number of imidazole rings is 1. The van der Waals surface area contributed by atoms with Crippen molar-refractivity contribution in [3.63, 3.8) is 0 Å². The number of benzene rings is 2. The monoisotopic (exact) mass is 433 g/mol. The molecule has 2 aromatic heterocycles. The molecule has 2 aromatic carbocycles. The van der Waals surface area contributed by atoms with Gasteiger partial charge in [0.25, 0.3) is 5.56 Å². The molecule has 4 aromatic rings. The first-order chi connectivity index (χ1) is 15.0. The molecule has 0 saturated carbocycles. The van der Waals surface area contributed by atoms with E-state index in [1.54, 1.807) is 30.5 Å². The van der Waals surface area contributed by atoms with E-state index < -0.39 is 0 Å². The quantitative estimate of drug-likeness (QED) is 0.338. The summed E-state index contributed by atoms with van der Waals surface area (Å²) in [5, 5.41) is 13.8. The van der Waals surface area contributed by atoms with Gasteiger partial charge in [-0.1, -0.05) is 29.8 Å². The fraction of sp³-hybridized carbons (Fsp3) is 0.174. The maximum absolute atomic E-state index is 12.7. The number of rotatable bonds is 6. The van der Waals surface area contributed by atoms with Crippen LogP contribution in [0.2, 0.25) is 5.02 Å². The highest BCUT2D eigenvalue weighted by Crippen LogP contribution is 2.29. The van der Waals surface area contributed by atoms with E-state index in [2.05, 4.69) is 25.1 Å². The minimum atomic E-state index is -0.334. The van der Waals surface area contributed by atoms with Gasteiger partial charge in [0.2, 0.25) is 0 Å². The fourth-order valence-corrected chi connectivity index (χ4v) is 3.83. The van der Waals surface area contributed by atoms with Gasteiger partial charge in [0, 0.05) is 11.2 Å². The molecule has 0 amide bonds. The highest BCUT2D eigenvalue weighted by Gasteiger charge is 2.18. The van der Waals surface area contributed by atoms with Crippen molar-refractivity contribution in [3.8, 4) is 11.4 Å². The number of halogens is 1. The van der Waals surface area contributed by atoms with Crippen molar-refractivity contribution < 1.29 is 5.11 Å². The van der Waals surface area contributed by atoms with Crippen LogP contribution in [-0.2, 0) is 6.42 Å². The first-order valence-corrected chi connectivity index (χ1v) is 10.1. The number of H-pyrrole nitrogens is 2. The maximum atomic E-state index is 12.7. The van der Waals surface area contributed by atoms with Crippen LogP contribution in [0.3, 0.4) is 0 Å². The van der Waals surface area contributed by atoms with Crippen LogP contribution in [0, 0.1) is 13.5 Å². The van der Waals surface area contributed by atoms with Crippen LogP contribution in [0.15, 0.2) is 53.5 Å². The van der Waals surface area contributed by atoms with E-state index in [0.717, 1.165) is 11.1 Å². The number of aryl methyl sites for hydroxylation is 1. The number of aliphatic hydroxyl groups excluding tert-OH is 1. The van der Waals surface area contributed by atoms with E-state index in [1.807, 2.05) is 25.1 Å². The molecule has 31 heavy (non-hydrogen) atoms. The van der Waals surface area contributed by atoms with Crippen molar-refractivity contribution in [1.29, 1.82) is 0 Å². The molecule has 4 rings (SSSR count). The second kappa shape index (κ2) is 8.64. The summed E-state index contributed by atoms with van der Waals surface area (Å²) in [6.45, 7) is 9.00. The summed E-state index contributed by atoms with van der Waals surface area (Å²) in [7, 11) is 0. The third kappa shape index (κ3) is 4.31. The van der Waals surface area contributed by atoms with Crippen molar-refractivity contribution in [2.24, 2.45) is 0 Å². The molecule has 0 aliphatic rings. The van der Waals surface area contributed by atoms with Crippen LogP contribution in [0.25, 0.3) is 27.3 Å². The Kier molecular flexibility index (Phi) is 5.76. The number of aliphatic hydroxyl groups is 1. The van der Waals surface area contributed by atoms with E-state index in [-0.39, 0.29) is 18.2 Å².